The highest BCUT2D eigenvalue weighted by Gasteiger charge is 2.43. The van der Waals surface area contributed by atoms with Crippen molar-refractivity contribution in [3.8, 4) is 11.8 Å². The molecule has 10 nitrogen and oxygen atoms in total. The van der Waals surface area contributed by atoms with Crippen molar-refractivity contribution in [3.63, 3.8) is 0 Å². The SMILES string of the molecule is COC(=O)C1=C(C(=O)OC)N(c2ccc(N3CCN(c4ccc(O)cc4)CC3)cc2)C(N)=C(C#N)C1c1ccccc1. The van der Waals surface area contributed by atoms with Crippen LogP contribution in [0.4, 0.5) is 17.1 Å². The molecule has 42 heavy (non-hydrogen) atoms. The number of carbonyl (C=O) groups excluding carboxylic acids is 2. The number of hydrogen-bond acceptors (Lipinski definition) is 10. The molecule has 214 valence electrons. The van der Waals surface area contributed by atoms with Crippen LogP contribution >= 0.6 is 0 Å². The average molecular weight is 566 g/mol. The van der Waals surface area contributed by atoms with Crippen molar-refractivity contribution in [2.24, 2.45) is 5.73 Å². The Morgan fingerprint density at radius 3 is 1.81 bits per heavy atom. The van der Waals surface area contributed by atoms with Crippen LogP contribution in [0, 0.1) is 11.3 Å². The third-order valence-electron chi connectivity index (χ3n) is 7.58. The number of piperazine rings is 1. The van der Waals surface area contributed by atoms with Crippen molar-refractivity contribution in [2.75, 3.05) is 55.1 Å². The molecule has 3 aromatic rings. The summed E-state index contributed by atoms with van der Waals surface area (Å²) in [5.41, 5.74) is 9.70. The molecule has 3 N–H and O–H groups in total. The van der Waals surface area contributed by atoms with Crippen LogP contribution in [0.25, 0.3) is 0 Å². The summed E-state index contributed by atoms with van der Waals surface area (Å²) in [6, 6.07) is 25.7. The lowest BCUT2D eigenvalue weighted by atomic mass is 9.81. The number of phenolic OH excluding ortho intramolecular Hbond substituents is 1. The first-order valence-corrected chi connectivity index (χ1v) is 13.4. The van der Waals surface area contributed by atoms with Gasteiger partial charge in [-0.05, 0) is 54.1 Å². The Balaban J connectivity index is 1.49. The van der Waals surface area contributed by atoms with E-state index < -0.39 is 17.9 Å². The monoisotopic (exact) mass is 565 g/mol. The van der Waals surface area contributed by atoms with E-state index >= 15 is 0 Å². The minimum atomic E-state index is -0.918. The molecule has 5 rings (SSSR count). The number of nitriles is 1. The molecule has 0 saturated carbocycles. The van der Waals surface area contributed by atoms with Crippen LogP contribution < -0.4 is 20.4 Å². The van der Waals surface area contributed by atoms with Crippen LogP contribution in [0.2, 0.25) is 0 Å². The Bertz CT molecular complexity index is 1570. The number of hydrogen-bond donors (Lipinski definition) is 2. The van der Waals surface area contributed by atoms with Crippen LogP contribution in [0.3, 0.4) is 0 Å². The predicted molar refractivity (Wildman–Crippen MR) is 159 cm³/mol. The number of allylic oxidation sites excluding steroid dienone is 1. The van der Waals surface area contributed by atoms with Crippen LogP contribution in [0.5, 0.6) is 5.75 Å². The summed E-state index contributed by atoms with van der Waals surface area (Å²) in [5, 5.41) is 19.8. The van der Waals surface area contributed by atoms with Gasteiger partial charge in [0.05, 0.1) is 37.4 Å². The highest BCUT2D eigenvalue weighted by Crippen LogP contribution is 2.43. The van der Waals surface area contributed by atoms with Crippen molar-refractivity contribution in [2.45, 2.75) is 5.92 Å². The molecule has 0 aliphatic carbocycles. The van der Waals surface area contributed by atoms with Gasteiger partial charge in [0.25, 0.3) is 0 Å². The van der Waals surface area contributed by atoms with E-state index in [0.717, 1.165) is 37.6 Å². The van der Waals surface area contributed by atoms with E-state index in [9.17, 15) is 20.0 Å². The van der Waals surface area contributed by atoms with Gasteiger partial charge in [-0.25, -0.2) is 9.59 Å². The number of methoxy groups -OCH3 is 2. The zero-order valence-corrected chi connectivity index (χ0v) is 23.4. The standard InChI is InChI=1S/C32H31N5O5/c1-41-31(39)28-27(21-6-4-3-5-7-21)26(20-33)30(34)37(29(28)32(40)42-2)24-10-8-22(9-11-24)35-16-18-36(19-17-35)23-12-14-25(38)15-13-23/h3-15,27,38H,16-19,34H2,1-2H3. The third-order valence-corrected chi connectivity index (χ3v) is 7.58. The lowest BCUT2D eigenvalue weighted by Crippen LogP contribution is -2.46. The number of esters is 2. The number of aromatic hydroxyl groups is 1. The molecule has 1 saturated heterocycles. The summed E-state index contributed by atoms with van der Waals surface area (Å²) in [7, 11) is 2.45. The number of phenols is 1. The topological polar surface area (TPSA) is 132 Å². The molecule has 2 aliphatic rings. The van der Waals surface area contributed by atoms with Gasteiger partial charge in [-0.3, -0.25) is 4.90 Å². The second-order valence-corrected chi connectivity index (χ2v) is 9.84. The quantitative estimate of drug-likeness (QED) is 0.427. The summed E-state index contributed by atoms with van der Waals surface area (Å²) in [4.78, 5) is 32.4. The lowest BCUT2D eigenvalue weighted by Gasteiger charge is -2.38. The van der Waals surface area contributed by atoms with E-state index in [1.807, 2.05) is 30.3 Å². The molecule has 2 heterocycles. The normalized spacial score (nSPS) is 17.2. The smallest absolute Gasteiger partial charge is 0.355 e. The number of benzene rings is 3. The van der Waals surface area contributed by atoms with Gasteiger partial charge in [-0.15, -0.1) is 0 Å². The third kappa shape index (κ3) is 5.20. The van der Waals surface area contributed by atoms with E-state index in [0.29, 0.717) is 11.3 Å². The van der Waals surface area contributed by atoms with E-state index in [2.05, 4.69) is 15.9 Å². The molecule has 0 aromatic heterocycles. The summed E-state index contributed by atoms with van der Waals surface area (Å²) >= 11 is 0. The predicted octanol–water partition coefficient (Wildman–Crippen LogP) is 3.62. The number of nitrogens with two attached hydrogens (primary N) is 1. The Kier molecular flexibility index (Phi) is 8.02. The van der Waals surface area contributed by atoms with Crippen molar-refractivity contribution in [1.29, 1.82) is 5.26 Å². The van der Waals surface area contributed by atoms with Gasteiger partial charge in [0.15, 0.2) is 0 Å². The molecular weight excluding hydrogens is 534 g/mol. The summed E-state index contributed by atoms with van der Waals surface area (Å²) in [6.07, 6.45) is 0. The van der Waals surface area contributed by atoms with Gasteiger partial charge in [0.1, 0.15) is 17.3 Å². The van der Waals surface area contributed by atoms with E-state index in [1.165, 1.54) is 19.1 Å². The van der Waals surface area contributed by atoms with Crippen LogP contribution in [-0.4, -0.2) is 57.4 Å². The van der Waals surface area contributed by atoms with Crippen LogP contribution in [0.1, 0.15) is 11.5 Å². The van der Waals surface area contributed by atoms with Crippen LogP contribution in [0.15, 0.2) is 102 Å². The minimum absolute atomic E-state index is 0.0228. The first-order valence-electron chi connectivity index (χ1n) is 13.4. The number of nitrogens with zero attached hydrogens (tertiary/aromatic N) is 4. The summed E-state index contributed by atoms with van der Waals surface area (Å²) < 4.78 is 10.2. The summed E-state index contributed by atoms with van der Waals surface area (Å²) in [5.74, 6) is -2.21. The zero-order valence-electron chi connectivity index (χ0n) is 23.4. The van der Waals surface area contributed by atoms with Gasteiger partial charge in [-0.2, -0.15) is 5.26 Å². The van der Waals surface area contributed by atoms with Gasteiger partial charge in [-0.1, -0.05) is 30.3 Å². The van der Waals surface area contributed by atoms with Crippen molar-refractivity contribution in [3.05, 3.63) is 107 Å². The van der Waals surface area contributed by atoms with Crippen molar-refractivity contribution < 1.29 is 24.2 Å². The first kappa shape index (κ1) is 28.1. The molecule has 1 atom stereocenters. The van der Waals surface area contributed by atoms with Gasteiger partial charge < -0.3 is 30.1 Å². The zero-order chi connectivity index (χ0) is 29.8. The van der Waals surface area contributed by atoms with Crippen molar-refractivity contribution >= 4 is 29.0 Å². The molecule has 3 aromatic carbocycles. The fourth-order valence-electron chi connectivity index (χ4n) is 5.48. The van der Waals surface area contributed by atoms with Crippen LogP contribution in [-0.2, 0) is 19.1 Å². The second kappa shape index (κ2) is 12.0. The largest absolute Gasteiger partial charge is 0.508 e. The number of anilines is 3. The minimum Gasteiger partial charge on any atom is -0.508 e. The molecule has 1 unspecified atom stereocenters. The lowest BCUT2D eigenvalue weighted by molar-refractivity contribution is -0.139. The Morgan fingerprint density at radius 2 is 1.31 bits per heavy atom. The highest BCUT2D eigenvalue weighted by molar-refractivity contribution is 6.06. The second-order valence-electron chi connectivity index (χ2n) is 9.84. The van der Waals surface area contributed by atoms with E-state index in [4.69, 9.17) is 15.2 Å². The molecule has 0 radical (unpaired) electrons. The maximum Gasteiger partial charge on any atom is 0.355 e. The molecule has 0 spiro atoms. The van der Waals surface area contributed by atoms with E-state index in [-0.39, 0.29) is 28.4 Å². The fourth-order valence-corrected chi connectivity index (χ4v) is 5.48. The highest BCUT2D eigenvalue weighted by atomic mass is 16.5. The van der Waals surface area contributed by atoms with E-state index in [1.54, 1.807) is 48.5 Å². The molecule has 0 bridgehead atoms. The average Bonchev–Trinajstić information content (AvgIpc) is 3.04. The van der Waals surface area contributed by atoms with Gasteiger partial charge in [0.2, 0.25) is 0 Å². The Labute approximate surface area is 244 Å². The number of carbonyl (C=O) groups is 2. The number of rotatable bonds is 6. The first-order chi connectivity index (χ1) is 20.4. The molecule has 2 aliphatic heterocycles. The molecule has 0 amide bonds. The fraction of sp³-hybridized carbons (Fsp3) is 0.219. The molecule has 1 fully saturated rings. The van der Waals surface area contributed by atoms with Crippen molar-refractivity contribution in [1.82, 2.24) is 0 Å². The molecule has 10 heteroatoms. The summed E-state index contributed by atoms with van der Waals surface area (Å²) in [6.45, 7) is 3.17. The maximum atomic E-state index is 13.3. The molecular formula is C32H31N5O5. The number of ether oxygens (including phenoxy) is 2. The van der Waals surface area contributed by atoms with Gasteiger partial charge >= 0.3 is 11.9 Å². The maximum absolute atomic E-state index is 13.3. The van der Waals surface area contributed by atoms with Gasteiger partial charge in [0, 0.05) is 43.2 Å². The Hall–Kier alpha value is -5.43. The Morgan fingerprint density at radius 1 is 0.810 bits per heavy atom.